The van der Waals surface area contributed by atoms with E-state index in [1.165, 1.54) is 32.1 Å². The van der Waals surface area contributed by atoms with Gasteiger partial charge in [0.15, 0.2) is 0 Å². The Kier molecular flexibility index (Phi) is 11.0. The number of rotatable bonds is 3. The highest BCUT2D eigenvalue weighted by Gasteiger charge is 2.18. The average Bonchev–Trinajstić information content (AvgIpc) is 3.47. The molecule has 156 valence electrons. The Morgan fingerprint density at radius 1 is 0.759 bits per heavy atom. The van der Waals surface area contributed by atoms with Crippen molar-refractivity contribution in [3.05, 3.63) is 63.0 Å². The van der Waals surface area contributed by atoms with E-state index >= 15 is 0 Å². The van der Waals surface area contributed by atoms with Gasteiger partial charge < -0.3 is 9.64 Å². The Bertz CT molecular complexity index is 730. The maximum atomic E-state index is 11.9. The average molecular weight is 525 g/mol. The van der Waals surface area contributed by atoms with E-state index in [-0.39, 0.29) is 5.91 Å². The first-order valence-corrected chi connectivity index (χ1v) is 11.6. The van der Waals surface area contributed by atoms with Gasteiger partial charge in [-0.25, -0.2) is 0 Å². The molecular weight excluding hydrogens is 498 g/mol. The lowest BCUT2D eigenvalue weighted by Crippen LogP contribution is -2.27. The second kappa shape index (κ2) is 13.5. The van der Waals surface area contributed by atoms with Crippen LogP contribution in [0.1, 0.15) is 55.3 Å². The zero-order valence-corrected chi connectivity index (χ0v) is 19.7. The van der Waals surface area contributed by atoms with Crippen molar-refractivity contribution in [1.82, 2.24) is 4.90 Å². The summed E-state index contributed by atoms with van der Waals surface area (Å²) < 4.78 is 6.53. The molecule has 2 aromatic rings. The summed E-state index contributed by atoms with van der Waals surface area (Å²) in [5, 5.41) is 0. The molecule has 1 aliphatic heterocycles. The summed E-state index contributed by atoms with van der Waals surface area (Å²) in [7, 11) is 0. The number of ether oxygens (including phenoxy) is 1. The minimum Gasteiger partial charge on any atom is -0.429 e. The number of hydrogen-bond donors (Lipinski definition) is 0. The molecule has 2 aromatic carbocycles. The molecular formula is C23H27Br2NO3. The Balaban J connectivity index is 0.000000173. The third-order valence-corrected chi connectivity index (χ3v) is 5.79. The van der Waals surface area contributed by atoms with Crippen LogP contribution in [0.4, 0.5) is 0 Å². The van der Waals surface area contributed by atoms with E-state index in [4.69, 9.17) is 0 Å². The van der Waals surface area contributed by atoms with Crippen LogP contribution in [0.15, 0.2) is 57.5 Å². The molecule has 2 fully saturated rings. The van der Waals surface area contributed by atoms with E-state index < -0.39 is 0 Å². The molecule has 4 rings (SSSR count). The molecule has 0 unspecified atom stereocenters. The summed E-state index contributed by atoms with van der Waals surface area (Å²) in [4.78, 5) is 23.6. The van der Waals surface area contributed by atoms with Gasteiger partial charge in [-0.3, -0.25) is 9.59 Å². The van der Waals surface area contributed by atoms with Crippen molar-refractivity contribution in [1.29, 1.82) is 0 Å². The molecule has 0 spiro atoms. The van der Waals surface area contributed by atoms with Crippen LogP contribution in [0, 0.1) is 0 Å². The summed E-state index contributed by atoms with van der Waals surface area (Å²) in [6.45, 7) is 2.23. The van der Waals surface area contributed by atoms with Crippen LogP contribution >= 0.6 is 31.9 Å². The third kappa shape index (κ3) is 9.13. The van der Waals surface area contributed by atoms with E-state index in [0.29, 0.717) is 12.2 Å². The maximum absolute atomic E-state index is 11.9. The van der Waals surface area contributed by atoms with Crippen molar-refractivity contribution in [3.8, 4) is 5.75 Å². The smallest absolute Gasteiger partial charge is 0.298 e. The lowest BCUT2D eigenvalue weighted by atomic mass is 10.2. The zero-order valence-electron chi connectivity index (χ0n) is 16.5. The van der Waals surface area contributed by atoms with E-state index in [1.54, 1.807) is 24.3 Å². The predicted molar refractivity (Wildman–Crippen MR) is 123 cm³/mol. The highest BCUT2D eigenvalue weighted by molar-refractivity contribution is 9.10. The topological polar surface area (TPSA) is 46.6 Å². The van der Waals surface area contributed by atoms with Gasteiger partial charge in [-0.15, -0.1) is 0 Å². The second-order valence-corrected chi connectivity index (χ2v) is 8.77. The second-order valence-electron chi connectivity index (χ2n) is 6.94. The predicted octanol–water partition coefficient (Wildman–Crippen LogP) is 6.62. The molecule has 0 radical (unpaired) electrons. The van der Waals surface area contributed by atoms with Crippen molar-refractivity contribution in [3.63, 3.8) is 0 Å². The van der Waals surface area contributed by atoms with Crippen LogP contribution in [0.25, 0.3) is 0 Å². The Morgan fingerprint density at radius 3 is 1.66 bits per heavy atom. The van der Waals surface area contributed by atoms with Gasteiger partial charge >= 0.3 is 0 Å². The standard InChI is InChI=1S/C11H12BrNO.C7H5BrO2.C5H10/c12-10-5-3-9(4-6-10)11(14)13-7-1-2-8-13;8-6-1-3-7(4-2-6)10-5-9;1-2-4-5-3-1/h3-6H,1-2,7-8H2;1-5H;1-5H2. The van der Waals surface area contributed by atoms with Crippen molar-refractivity contribution >= 4 is 44.2 Å². The largest absolute Gasteiger partial charge is 0.429 e. The lowest BCUT2D eigenvalue weighted by Gasteiger charge is -2.14. The van der Waals surface area contributed by atoms with Gasteiger partial charge in [-0.2, -0.15) is 0 Å². The third-order valence-electron chi connectivity index (χ3n) is 4.73. The lowest BCUT2D eigenvalue weighted by molar-refractivity contribution is -0.120. The fraction of sp³-hybridized carbons (Fsp3) is 0.391. The van der Waals surface area contributed by atoms with Crippen LogP contribution < -0.4 is 4.74 Å². The van der Waals surface area contributed by atoms with Gasteiger partial charge in [-0.05, 0) is 61.4 Å². The van der Waals surface area contributed by atoms with Gasteiger partial charge in [-0.1, -0.05) is 64.0 Å². The highest BCUT2D eigenvalue weighted by Crippen LogP contribution is 2.16. The van der Waals surface area contributed by atoms with Gasteiger partial charge in [0, 0.05) is 27.6 Å². The number of likely N-dealkylation sites (tertiary alicyclic amines) is 1. The number of amides is 1. The molecule has 1 saturated heterocycles. The molecule has 0 N–H and O–H groups in total. The first-order chi connectivity index (χ1) is 14.1. The molecule has 1 saturated carbocycles. The molecule has 1 heterocycles. The van der Waals surface area contributed by atoms with Crippen molar-refractivity contribution in [2.24, 2.45) is 0 Å². The molecule has 0 bridgehead atoms. The Hall–Kier alpha value is -1.66. The van der Waals surface area contributed by atoms with Crippen LogP contribution in [0.3, 0.4) is 0 Å². The van der Waals surface area contributed by atoms with Crippen molar-refractivity contribution in [2.75, 3.05) is 13.1 Å². The van der Waals surface area contributed by atoms with Crippen LogP contribution in [0.5, 0.6) is 5.75 Å². The fourth-order valence-electron chi connectivity index (χ4n) is 3.15. The SMILES string of the molecule is C1CCCC1.O=C(c1ccc(Br)cc1)N1CCCC1.O=COc1ccc(Br)cc1. The van der Waals surface area contributed by atoms with Crippen LogP contribution in [-0.2, 0) is 4.79 Å². The number of halogens is 2. The molecule has 29 heavy (non-hydrogen) atoms. The van der Waals surface area contributed by atoms with Crippen LogP contribution in [0.2, 0.25) is 0 Å². The number of carbonyl (C=O) groups excluding carboxylic acids is 2. The number of nitrogens with zero attached hydrogens (tertiary/aromatic N) is 1. The quantitative estimate of drug-likeness (QED) is 0.424. The van der Waals surface area contributed by atoms with Crippen molar-refractivity contribution < 1.29 is 14.3 Å². The van der Waals surface area contributed by atoms with Gasteiger partial charge in [0.1, 0.15) is 5.75 Å². The first-order valence-electron chi connectivity index (χ1n) is 10.0. The first kappa shape index (κ1) is 23.6. The summed E-state index contributed by atoms with van der Waals surface area (Å²) in [6, 6.07) is 14.6. The fourth-order valence-corrected chi connectivity index (χ4v) is 3.68. The highest BCUT2D eigenvalue weighted by atomic mass is 79.9. The minimum absolute atomic E-state index is 0.162. The molecule has 1 amide bonds. The minimum atomic E-state index is 0.162. The molecule has 2 aliphatic rings. The number of benzene rings is 2. The molecule has 6 heteroatoms. The van der Waals surface area contributed by atoms with Gasteiger partial charge in [0.05, 0.1) is 0 Å². The Morgan fingerprint density at radius 2 is 1.21 bits per heavy atom. The van der Waals surface area contributed by atoms with E-state index in [2.05, 4.69) is 36.6 Å². The normalized spacial score (nSPS) is 14.9. The number of hydrogen-bond acceptors (Lipinski definition) is 3. The maximum Gasteiger partial charge on any atom is 0.298 e. The molecule has 0 aromatic heterocycles. The summed E-state index contributed by atoms with van der Waals surface area (Å²) in [5.74, 6) is 0.716. The number of carbonyl (C=O) groups is 2. The van der Waals surface area contributed by atoms with E-state index in [0.717, 1.165) is 40.4 Å². The molecule has 1 aliphatic carbocycles. The van der Waals surface area contributed by atoms with Gasteiger partial charge in [0.25, 0.3) is 12.4 Å². The summed E-state index contributed by atoms with van der Waals surface area (Å²) in [6.07, 6.45) is 9.78. The summed E-state index contributed by atoms with van der Waals surface area (Å²) >= 11 is 6.61. The monoisotopic (exact) mass is 523 g/mol. The molecule has 0 atom stereocenters. The summed E-state index contributed by atoms with van der Waals surface area (Å²) in [5.41, 5.74) is 0.787. The Labute approximate surface area is 189 Å². The zero-order chi connectivity index (χ0) is 20.9. The molecule has 4 nitrogen and oxygen atoms in total. The van der Waals surface area contributed by atoms with E-state index in [9.17, 15) is 9.59 Å². The van der Waals surface area contributed by atoms with Gasteiger partial charge in [0.2, 0.25) is 0 Å². The van der Waals surface area contributed by atoms with Crippen molar-refractivity contribution in [2.45, 2.75) is 44.9 Å². The van der Waals surface area contributed by atoms with Crippen LogP contribution in [-0.4, -0.2) is 30.4 Å². The van der Waals surface area contributed by atoms with E-state index in [1.807, 2.05) is 29.2 Å².